The van der Waals surface area contributed by atoms with Crippen LogP contribution in [0.2, 0.25) is 0 Å². The van der Waals surface area contributed by atoms with Gasteiger partial charge in [-0.05, 0) is 12.2 Å². The number of carbonyl (C=O) groups excluding carboxylic acids is 1. The average Bonchev–Trinajstić information content (AvgIpc) is 2.25. The molecular formula is C10H20N2O3S. The predicted molar refractivity (Wildman–Crippen MR) is 65.8 cm³/mol. The van der Waals surface area contributed by atoms with Crippen molar-refractivity contribution in [1.82, 2.24) is 10.6 Å². The van der Waals surface area contributed by atoms with Gasteiger partial charge in [0.1, 0.15) is 6.04 Å². The first-order valence-electron chi connectivity index (χ1n) is 5.29. The summed E-state index contributed by atoms with van der Waals surface area (Å²) in [6.07, 6.45) is 2.65. The lowest BCUT2D eigenvalue weighted by Gasteiger charge is -2.20. The minimum absolute atomic E-state index is 0.0798. The summed E-state index contributed by atoms with van der Waals surface area (Å²) in [7, 11) is 0. The fourth-order valence-electron chi connectivity index (χ4n) is 1.14. The van der Waals surface area contributed by atoms with Crippen LogP contribution < -0.4 is 10.6 Å². The van der Waals surface area contributed by atoms with Crippen LogP contribution in [-0.4, -0.2) is 41.7 Å². The van der Waals surface area contributed by atoms with E-state index < -0.39 is 18.0 Å². The second-order valence-electron chi connectivity index (χ2n) is 3.59. The van der Waals surface area contributed by atoms with Gasteiger partial charge in [0.05, 0.1) is 0 Å². The largest absolute Gasteiger partial charge is 0.480 e. The molecule has 5 nitrogen and oxygen atoms in total. The number of urea groups is 1. The van der Waals surface area contributed by atoms with E-state index in [9.17, 15) is 9.59 Å². The number of aliphatic carboxylic acids is 1. The van der Waals surface area contributed by atoms with Crippen LogP contribution in [0.3, 0.4) is 0 Å². The lowest BCUT2D eigenvalue weighted by atomic mass is 9.99. The highest BCUT2D eigenvalue weighted by Gasteiger charge is 2.24. The smallest absolute Gasteiger partial charge is 0.326 e. The number of hydrogen-bond acceptors (Lipinski definition) is 3. The highest BCUT2D eigenvalue weighted by Crippen LogP contribution is 2.07. The van der Waals surface area contributed by atoms with E-state index in [1.807, 2.05) is 13.2 Å². The third-order valence-electron chi connectivity index (χ3n) is 2.36. The number of carboxylic acids is 1. The SMILES string of the molecule is CC[C@H](C)[C@H](NC(=O)NCCSC)C(=O)O. The zero-order valence-corrected chi connectivity index (χ0v) is 10.8. The van der Waals surface area contributed by atoms with Gasteiger partial charge in [0.2, 0.25) is 0 Å². The molecule has 94 valence electrons. The van der Waals surface area contributed by atoms with Gasteiger partial charge in [-0.3, -0.25) is 0 Å². The molecule has 0 rings (SSSR count). The first-order valence-corrected chi connectivity index (χ1v) is 6.68. The maximum Gasteiger partial charge on any atom is 0.326 e. The van der Waals surface area contributed by atoms with Crippen molar-refractivity contribution in [2.75, 3.05) is 18.6 Å². The van der Waals surface area contributed by atoms with E-state index in [4.69, 9.17) is 5.11 Å². The van der Waals surface area contributed by atoms with E-state index in [1.165, 1.54) is 0 Å². The van der Waals surface area contributed by atoms with Gasteiger partial charge in [0.25, 0.3) is 0 Å². The van der Waals surface area contributed by atoms with Crippen molar-refractivity contribution in [3.63, 3.8) is 0 Å². The Balaban J connectivity index is 4.09. The maximum absolute atomic E-state index is 11.4. The molecule has 0 aromatic heterocycles. The summed E-state index contributed by atoms with van der Waals surface area (Å²) in [5, 5.41) is 14.0. The minimum Gasteiger partial charge on any atom is -0.480 e. The van der Waals surface area contributed by atoms with Crippen LogP contribution in [0.5, 0.6) is 0 Å². The van der Waals surface area contributed by atoms with Gasteiger partial charge in [-0.1, -0.05) is 20.3 Å². The second-order valence-corrected chi connectivity index (χ2v) is 4.58. The fraction of sp³-hybridized carbons (Fsp3) is 0.800. The average molecular weight is 248 g/mol. The molecule has 2 amide bonds. The Kier molecular flexibility index (Phi) is 7.80. The van der Waals surface area contributed by atoms with Crippen LogP contribution in [0.1, 0.15) is 20.3 Å². The third-order valence-corrected chi connectivity index (χ3v) is 2.97. The lowest BCUT2D eigenvalue weighted by Crippen LogP contribution is -2.49. The van der Waals surface area contributed by atoms with E-state index in [-0.39, 0.29) is 5.92 Å². The molecule has 0 heterocycles. The Bertz CT molecular complexity index is 236. The van der Waals surface area contributed by atoms with Crippen molar-refractivity contribution >= 4 is 23.8 Å². The Labute approximate surface area is 100 Å². The molecule has 0 aliphatic carbocycles. The summed E-state index contributed by atoms with van der Waals surface area (Å²) in [5.41, 5.74) is 0. The molecule has 0 bridgehead atoms. The van der Waals surface area contributed by atoms with E-state index in [2.05, 4.69) is 10.6 Å². The van der Waals surface area contributed by atoms with Crippen LogP contribution in [-0.2, 0) is 4.79 Å². The first-order chi connectivity index (χ1) is 7.52. The van der Waals surface area contributed by atoms with Crippen molar-refractivity contribution in [2.45, 2.75) is 26.3 Å². The molecule has 0 aromatic rings. The van der Waals surface area contributed by atoms with Crippen molar-refractivity contribution in [2.24, 2.45) is 5.92 Å². The van der Waals surface area contributed by atoms with Crippen molar-refractivity contribution < 1.29 is 14.7 Å². The maximum atomic E-state index is 11.4. The van der Waals surface area contributed by atoms with Crippen molar-refractivity contribution in [1.29, 1.82) is 0 Å². The normalized spacial score (nSPS) is 13.9. The summed E-state index contributed by atoms with van der Waals surface area (Å²) < 4.78 is 0. The summed E-state index contributed by atoms with van der Waals surface area (Å²) in [6.45, 7) is 4.24. The molecule has 0 aromatic carbocycles. The molecule has 0 aliphatic rings. The number of amides is 2. The van der Waals surface area contributed by atoms with E-state index in [0.29, 0.717) is 13.0 Å². The molecular weight excluding hydrogens is 228 g/mol. The third kappa shape index (κ3) is 5.85. The van der Waals surface area contributed by atoms with Gasteiger partial charge in [-0.15, -0.1) is 0 Å². The number of carboxylic acid groups (broad SMARTS) is 1. The van der Waals surface area contributed by atoms with Crippen LogP contribution in [0.25, 0.3) is 0 Å². The number of rotatable bonds is 7. The van der Waals surface area contributed by atoms with Crippen LogP contribution >= 0.6 is 11.8 Å². The van der Waals surface area contributed by atoms with Gasteiger partial charge in [0.15, 0.2) is 0 Å². The summed E-state index contributed by atoms with van der Waals surface area (Å²) in [5.74, 6) is -0.257. The molecule has 0 saturated carbocycles. The van der Waals surface area contributed by atoms with Gasteiger partial charge in [-0.25, -0.2) is 9.59 Å². The van der Waals surface area contributed by atoms with Crippen LogP contribution in [0.15, 0.2) is 0 Å². The lowest BCUT2D eigenvalue weighted by molar-refractivity contribution is -0.140. The van der Waals surface area contributed by atoms with Crippen molar-refractivity contribution in [3.8, 4) is 0 Å². The topological polar surface area (TPSA) is 78.4 Å². The zero-order chi connectivity index (χ0) is 12.6. The van der Waals surface area contributed by atoms with Crippen LogP contribution in [0, 0.1) is 5.92 Å². The summed E-state index contributed by atoms with van der Waals surface area (Å²) in [4.78, 5) is 22.3. The molecule has 0 unspecified atom stereocenters. The molecule has 0 spiro atoms. The van der Waals surface area contributed by atoms with Gasteiger partial charge in [-0.2, -0.15) is 11.8 Å². The summed E-state index contributed by atoms with van der Waals surface area (Å²) >= 11 is 1.62. The quantitative estimate of drug-likeness (QED) is 0.591. The van der Waals surface area contributed by atoms with Gasteiger partial charge in [0, 0.05) is 12.3 Å². The van der Waals surface area contributed by atoms with E-state index >= 15 is 0 Å². The Morgan fingerprint density at radius 3 is 2.50 bits per heavy atom. The Hall–Kier alpha value is -0.910. The number of hydrogen-bond donors (Lipinski definition) is 3. The number of nitrogens with one attached hydrogen (secondary N) is 2. The predicted octanol–water partition coefficient (Wildman–Crippen LogP) is 1.15. The monoisotopic (exact) mass is 248 g/mol. The van der Waals surface area contributed by atoms with E-state index in [1.54, 1.807) is 18.7 Å². The molecule has 6 heteroatoms. The standard InChI is InChI=1S/C10H20N2O3S/c1-4-7(2)8(9(13)14)12-10(15)11-5-6-16-3/h7-8H,4-6H2,1-3H3,(H,13,14)(H2,11,12,15)/t7-,8-/m0/s1. The molecule has 0 aliphatic heterocycles. The zero-order valence-electron chi connectivity index (χ0n) is 9.95. The highest BCUT2D eigenvalue weighted by molar-refractivity contribution is 7.98. The second kappa shape index (κ2) is 8.27. The molecule has 16 heavy (non-hydrogen) atoms. The Morgan fingerprint density at radius 1 is 1.44 bits per heavy atom. The van der Waals surface area contributed by atoms with Gasteiger partial charge < -0.3 is 15.7 Å². The Morgan fingerprint density at radius 2 is 2.06 bits per heavy atom. The van der Waals surface area contributed by atoms with Crippen LogP contribution in [0.4, 0.5) is 4.79 Å². The fourth-order valence-corrected chi connectivity index (χ4v) is 1.45. The molecule has 0 fully saturated rings. The van der Waals surface area contributed by atoms with Crippen molar-refractivity contribution in [3.05, 3.63) is 0 Å². The molecule has 2 atom stereocenters. The summed E-state index contributed by atoms with van der Waals surface area (Å²) in [6, 6.07) is -1.24. The first kappa shape index (κ1) is 15.1. The minimum atomic E-state index is -0.991. The highest BCUT2D eigenvalue weighted by atomic mass is 32.2. The van der Waals surface area contributed by atoms with E-state index in [0.717, 1.165) is 5.75 Å². The number of thioether (sulfide) groups is 1. The number of carbonyl (C=O) groups is 2. The molecule has 0 radical (unpaired) electrons. The molecule has 0 saturated heterocycles. The molecule has 3 N–H and O–H groups in total. The van der Waals surface area contributed by atoms with Gasteiger partial charge >= 0.3 is 12.0 Å².